The first-order valence-corrected chi connectivity index (χ1v) is 3.79. The van der Waals surface area contributed by atoms with E-state index in [2.05, 4.69) is 11.3 Å². The normalized spacial score (nSPS) is 10.1. The van der Waals surface area contributed by atoms with Gasteiger partial charge in [-0.3, -0.25) is 0 Å². The lowest BCUT2D eigenvalue weighted by Crippen LogP contribution is -2.28. The molecular weight excluding hydrogens is 158 g/mol. The van der Waals surface area contributed by atoms with Crippen LogP contribution in [0.1, 0.15) is 0 Å². The van der Waals surface area contributed by atoms with Crippen molar-refractivity contribution in [2.24, 2.45) is 0 Å². The Bertz CT molecular complexity index is 230. The number of nitrogens with one attached hydrogen (secondary N) is 1. The van der Waals surface area contributed by atoms with Crippen LogP contribution in [0.2, 0.25) is 0 Å². The smallest absolute Gasteiger partial charge is 0.420 e. The first-order chi connectivity index (χ1) is 4.52. The van der Waals surface area contributed by atoms with Gasteiger partial charge in [-0.1, -0.05) is 6.58 Å². The van der Waals surface area contributed by atoms with E-state index in [1.54, 1.807) is 4.72 Å². The maximum Gasteiger partial charge on any atom is 0.420 e. The number of ether oxygens (including phenoxy) is 1. The highest BCUT2D eigenvalue weighted by molar-refractivity contribution is 7.92. The standard InChI is InChI=1S/C4H7NO4S/c1-3-10(7,8)5-4(6)9-2/h3H,1H2,2H3,(H,5,6). The van der Waals surface area contributed by atoms with Gasteiger partial charge in [0.2, 0.25) is 0 Å². The van der Waals surface area contributed by atoms with Crippen molar-refractivity contribution in [2.45, 2.75) is 0 Å². The van der Waals surface area contributed by atoms with Crippen LogP contribution >= 0.6 is 0 Å². The minimum Gasteiger partial charge on any atom is -0.452 e. The molecule has 0 aromatic heterocycles. The Morgan fingerprint density at radius 3 is 2.50 bits per heavy atom. The Morgan fingerprint density at radius 2 is 2.20 bits per heavy atom. The van der Waals surface area contributed by atoms with Gasteiger partial charge in [0.05, 0.1) is 7.11 Å². The van der Waals surface area contributed by atoms with E-state index in [9.17, 15) is 13.2 Å². The Morgan fingerprint density at radius 1 is 1.70 bits per heavy atom. The first-order valence-electron chi connectivity index (χ1n) is 2.25. The Kier molecular flexibility index (Phi) is 2.88. The minimum atomic E-state index is -3.69. The molecule has 0 bridgehead atoms. The second kappa shape index (κ2) is 3.21. The lowest BCUT2D eigenvalue weighted by Gasteiger charge is -1.98. The number of rotatable bonds is 2. The van der Waals surface area contributed by atoms with Gasteiger partial charge in [0.1, 0.15) is 0 Å². The number of hydrogen-bond acceptors (Lipinski definition) is 4. The van der Waals surface area contributed by atoms with Crippen LogP contribution in [0.3, 0.4) is 0 Å². The minimum absolute atomic E-state index is 0.615. The molecule has 0 spiro atoms. The van der Waals surface area contributed by atoms with Crippen LogP contribution in [-0.4, -0.2) is 21.6 Å². The van der Waals surface area contributed by atoms with Crippen molar-refractivity contribution >= 4 is 16.1 Å². The highest BCUT2D eigenvalue weighted by atomic mass is 32.2. The Balaban J connectivity index is 4.17. The SMILES string of the molecule is C=CS(=O)(=O)NC(=O)OC. The van der Waals surface area contributed by atoms with E-state index in [-0.39, 0.29) is 0 Å². The van der Waals surface area contributed by atoms with E-state index >= 15 is 0 Å². The van der Waals surface area contributed by atoms with Crippen molar-refractivity contribution in [3.8, 4) is 0 Å². The molecule has 0 aliphatic carbocycles. The molecule has 0 fully saturated rings. The molecule has 0 radical (unpaired) electrons. The van der Waals surface area contributed by atoms with Crippen LogP contribution in [0.4, 0.5) is 4.79 Å². The van der Waals surface area contributed by atoms with E-state index in [4.69, 9.17) is 0 Å². The molecule has 6 heteroatoms. The molecule has 0 atom stereocenters. The summed E-state index contributed by atoms with van der Waals surface area (Å²) in [5, 5.41) is 0.615. The van der Waals surface area contributed by atoms with Gasteiger partial charge in [0.15, 0.2) is 0 Å². The van der Waals surface area contributed by atoms with Crippen LogP contribution in [0.5, 0.6) is 0 Å². The quantitative estimate of drug-likeness (QED) is 0.615. The monoisotopic (exact) mass is 165 g/mol. The molecule has 0 heterocycles. The van der Waals surface area contributed by atoms with E-state index in [0.29, 0.717) is 5.41 Å². The number of carbonyl (C=O) groups excluding carboxylic acids is 1. The predicted octanol–water partition coefficient (Wildman–Crippen LogP) is -0.184. The summed E-state index contributed by atoms with van der Waals surface area (Å²) in [5.41, 5.74) is 0. The van der Waals surface area contributed by atoms with Gasteiger partial charge in [0.25, 0.3) is 10.0 Å². The molecular formula is C4H7NO4S. The van der Waals surface area contributed by atoms with Crippen molar-refractivity contribution in [1.82, 2.24) is 4.72 Å². The zero-order chi connectivity index (χ0) is 8.20. The zero-order valence-corrected chi connectivity index (χ0v) is 6.14. The van der Waals surface area contributed by atoms with E-state index in [0.717, 1.165) is 7.11 Å². The average Bonchev–Trinajstić information content (AvgIpc) is 1.87. The summed E-state index contributed by atoms with van der Waals surface area (Å²) >= 11 is 0. The molecule has 58 valence electrons. The molecule has 0 saturated heterocycles. The lowest BCUT2D eigenvalue weighted by atomic mass is 11.2. The van der Waals surface area contributed by atoms with Gasteiger partial charge in [0, 0.05) is 5.41 Å². The van der Waals surface area contributed by atoms with E-state index < -0.39 is 16.1 Å². The van der Waals surface area contributed by atoms with E-state index in [1.165, 1.54) is 0 Å². The highest BCUT2D eigenvalue weighted by Gasteiger charge is 2.08. The number of hydrogen-bond donors (Lipinski definition) is 1. The summed E-state index contributed by atoms with van der Waals surface area (Å²) in [5.74, 6) is 0. The van der Waals surface area contributed by atoms with Gasteiger partial charge in [-0.2, -0.15) is 0 Å². The molecule has 5 nitrogen and oxygen atoms in total. The summed E-state index contributed by atoms with van der Waals surface area (Å²) in [4.78, 5) is 10.2. The van der Waals surface area contributed by atoms with Crippen LogP contribution in [0.15, 0.2) is 12.0 Å². The second-order valence-electron chi connectivity index (χ2n) is 1.31. The Labute approximate surface area is 58.7 Å². The Hall–Kier alpha value is -1.04. The molecule has 0 unspecified atom stereocenters. The van der Waals surface area contributed by atoms with Crippen molar-refractivity contribution in [3.63, 3.8) is 0 Å². The molecule has 0 saturated carbocycles. The molecule has 0 aliphatic heterocycles. The number of methoxy groups -OCH3 is 1. The molecule has 10 heavy (non-hydrogen) atoms. The van der Waals surface area contributed by atoms with Crippen LogP contribution in [-0.2, 0) is 14.8 Å². The fourth-order valence-electron chi connectivity index (χ4n) is 0.199. The molecule has 0 rings (SSSR count). The average molecular weight is 165 g/mol. The summed E-state index contributed by atoms with van der Waals surface area (Å²) in [7, 11) is -2.63. The fraction of sp³-hybridized carbons (Fsp3) is 0.250. The third-order valence-electron chi connectivity index (χ3n) is 0.630. The van der Waals surface area contributed by atoms with Gasteiger partial charge in [-0.25, -0.2) is 17.9 Å². The van der Waals surface area contributed by atoms with Crippen molar-refractivity contribution in [2.75, 3.05) is 7.11 Å². The van der Waals surface area contributed by atoms with Gasteiger partial charge < -0.3 is 4.74 Å². The summed E-state index contributed by atoms with van der Waals surface area (Å²) < 4.78 is 26.4. The number of amides is 1. The van der Waals surface area contributed by atoms with Crippen LogP contribution in [0.25, 0.3) is 0 Å². The molecule has 0 aromatic carbocycles. The maximum absolute atomic E-state index is 10.4. The predicted molar refractivity (Wildman–Crippen MR) is 34.7 cm³/mol. The molecule has 1 amide bonds. The highest BCUT2D eigenvalue weighted by Crippen LogP contribution is 1.83. The third kappa shape index (κ3) is 3.08. The number of sulfonamides is 1. The largest absolute Gasteiger partial charge is 0.452 e. The van der Waals surface area contributed by atoms with Crippen LogP contribution < -0.4 is 4.72 Å². The van der Waals surface area contributed by atoms with Crippen molar-refractivity contribution in [3.05, 3.63) is 12.0 Å². The second-order valence-corrected chi connectivity index (χ2v) is 2.93. The van der Waals surface area contributed by atoms with Gasteiger partial charge in [-0.05, 0) is 0 Å². The molecule has 1 N–H and O–H groups in total. The lowest BCUT2D eigenvalue weighted by molar-refractivity contribution is 0.178. The zero-order valence-electron chi connectivity index (χ0n) is 5.33. The topological polar surface area (TPSA) is 72.5 Å². The summed E-state index contributed by atoms with van der Waals surface area (Å²) in [6, 6.07) is 0. The summed E-state index contributed by atoms with van der Waals surface area (Å²) in [6.07, 6.45) is -1.03. The van der Waals surface area contributed by atoms with Gasteiger partial charge >= 0.3 is 6.09 Å². The molecule has 0 aliphatic rings. The maximum atomic E-state index is 10.4. The van der Waals surface area contributed by atoms with Crippen LogP contribution in [0, 0.1) is 0 Å². The van der Waals surface area contributed by atoms with E-state index in [1.807, 2.05) is 0 Å². The third-order valence-corrected chi connectivity index (χ3v) is 1.52. The number of carbonyl (C=O) groups is 1. The van der Waals surface area contributed by atoms with Crippen molar-refractivity contribution < 1.29 is 17.9 Å². The summed E-state index contributed by atoms with van der Waals surface area (Å²) in [6.45, 7) is 2.96. The van der Waals surface area contributed by atoms with Gasteiger partial charge in [-0.15, -0.1) is 0 Å². The first kappa shape index (κ1) is 8.96. The van der Waals surface area contributed by atoms with Crippen molar-refractivity contribution in [1.29, 1.82) is 0 Å². The molecule has 0 aromatic rings. The fourth-order valence-corrected chi connectivity index (χ4v) is 0.598.